The van der Waals surface area contributed by atoms with Crippen molar-refractivity contribution in [3.8, 4) is 10.4 Å². The highest BCUT2D eigenvalue weighted by atomic mass is 32.1. The Morgan fingerprint density at radius 2 is 1.86 bits per heavy atom. The van der Waals surface area contributed by atoms with Gasteiger partial charge in [-0.2, -0.15) is 0 Å². The van der Waals surface area contributed by atoms with Gasteiger partial charge in [0.15, 0.2) is 0 Å². The largest absolute Gasteiger partial charge is 0.144 e. The third-order valence-electron chi connectivity index (χ3n) is 2.26. The van der Waals surface area contributed by atoms with Crippen LogP contribution >= 0.6 is 22.7 Å². The monoisotopic (exact) mass is 216 g/mol. The summed E-state index contributed by atoms with van der Waals surface area (Å²) in [5, 5.41) is 5.61. The van der Waals surface area contributed by atoms with Crippen molar-refractivity contribution in [2.45, 2.75) is 0 Å². The minimum atomic E-state index is 1.32. The predicted molar refractivity (Wildman–Crippen MR) is 65.1 cm³/mol. The first-order chi connectivity index (χ1) is 6.93. The first kappa shape index (κ1) is 8.21. The van der Waals surface area contributed by atoms with Crippen LogP contribution in [-0.2, 0) is 0 Å². The van der Waals surface area contributed by atoms with Gasteiger partial charge in [-0.3, -0.25) is 0 Å². The SMILES string of the molecule is c1csc(-c2ccc3sccc3c2)c1. The fourth-order valence-corrected chi connectivity index (χ4v) is 3.06. The fraction of sp³-hybridized carbons (Fsp3) is 0. The first-order valence-corrected chi connectivity index (χ1v) is 6.20. The molecule has 0 unspecified atom stereocenters. The van der Waals surface area contributed by atoms with Crippen LogP contribution in [0.3, 0.4) is 0 Å². The van der Waals surface area contributed by atoms with Crippen LogP contribution in [0.2, 0.25) is 0 Å². The van der Waals surface area contributed by atoms with Gasteiger partial charge in [-0.05, 0) is 46.0 Å². The molecule has 0 amide bonds. The van der Waals surface area contributed by atoms with Gasteiger partial charge >= 0.3 is 0 Å². The van der Waals surface area contributed by atoms with E-state index in [2.05, 4.69) is 47.2 Å². The number of benzene rings is 1. The normalized spacial score (nSPS) is 10.9. The summed E-state index contributed by atoms with van der Waals surface area (Å²) in [4.78, 5) is 1.35. The summed E-state index contributed by atoms with van der Waals surface area (Å²) in [6.45, 7) is 0. The van der Waals surface area contributed by atoms with Crippen molar-refractivity contribution in [2.24, 2.45) is 0 Å². The van der Waals surface area contributed by atoms with Crippen LogP contribution in [0.25, 0.3) is 20.5 Å². The Hall–Kier alpha value is -1.12. The lowest BCUT2D eigenvalue weighted by molar-refractivity contribution is 1.80. The molecule has 68 valence electrons. The average Bonchev–Trinajstić information content (AvgIpc) is 2.88. The molecule has 0 bridgehead atoms. The van der Waals surface area contributed by atoms with Crippen LogP contribution < -0.4 is 0 Å². The van der Waals surface area contributed by atoms with Gasteiger partial charge in [0.05, 0.1) is 0 Å². The van der Waals surface area contributed by atoms with Crippen molar-refractivity contribution in [2.75, 3.05) is 0 Å². The van der Waals surface area contributed by atoms with Crippen molar-refractivity contribution in [3.05, 3.63) is 47.2 Å². The topological polar surface area (TPSA) is 0 Å². The van der Waals surface area contributed by atoms with Crippen molar-refractivity contribution in [1.29, 1.82) is 0 Å². The Labute approximate surface area is 90.5 Å². The molecule has 0 N–H and O–H groups in total. The van der Waals surface area contributed by atoms with Crippen molar-refractivity contribution in [1.82, 2.24) is 0 Å². The summed E-state index contributed by atoms with van der Waals surface area (Å²) in [5.41, 5.74) is 1.32. The van der Waals surface area contributed by atoms with E-state index in [0.29, 0.717) is 0 Å². The van der Waals surface area contributed by atoms with Crippen molar-refractivity contribution < 1.29 is 0 Å². The smallest absolute Gasteiger partial charge is 0.0343 e. The van der Waals surface area contributed by atoms with Gasteiger partial charge in [0.1, 0.15) is 0 Å². The molecule has 2 heterocycles. The molecule has 0 aliphatic rings. The highest BCUT2D eigenvalue weighted by Crippen LogP contribution is 2.29. The molecule has 3 rings (SSSR count). The van der Waals surface area contributed by atoms with Gasteiger partial charge in [-0.15, -0.1) is 22.7 Å². The highest BCUT2D eigenvalue weighted by molar-refractivity contribution is 7.17. The minimum Gasteiger partial charge on any atom is -0.144 e. The van der Waals surface area contributed by atoms with E-state index in [1.165, 1.54) is 20.5 Å². The highest BCUT2D eigenvalue weighted by Gasteiger charge is 2.00. The molecule has 1 aromatic carbocycles. The molecule has 14 heavy (non-hydrogen) atoms. The molecule has 0 radical (unpaired) electrons. The zero-order valence-corrected chi connectivity index (χ0v) is 9.07. The first-order valence-electron chi connectivity index (χ1n) is 4.45. The Morgan fingerprint density at radius 1 is 0.857 bits per heavy atom. The summed E-state index contributed by atoms with van der Waals surface area (Å²) in [5.74, 6) is 0. The van der Waals surface area contributed by atoms with Crippen LogP contribution in [-0.4, -0.2) is 0 Å². The molecule has 0 saturated carbocycles. The second-order valence-electron chi connectivity index (χ2n) is 3.15. The van der Waals surface area contributed by atoms with E-state index < -0.39 is 0 Å². The van der Waals surface area contributed by atoms with Gasteiger partial charge < -0.3 is 0 Å². The second-order valence-corrected chi connectivity index (χ2v) is 5.05. The average molecular weight is 216 g/mol. The molecule has 0 nitrogen and oxygen atoms in total. The predicted octanol–water partition coefficient (Wildman–Crippen LogP) is 4.63. The Bertz CT molecular complexity index is 546. The summed E-state index contributed by atoms with van der Waals surface area (Å²) in [6.07, 6.45) is 0. The molecule has 0 fully saturated rings. The Morgan fingerprint density at radius 3 is 2.71 bits per heavy atom. The molecule has 0 atom stereocenters. The summed E-state index contributed by atoms with van der Waals surface area (Å²) >= 11 is 3.59. The maximum atomic E-state index is 2.26. The Kier molecular flexibility index (Phi) is 1.89. The van der Waals surface area contributed by atoms with Gasteiger partial charge in [-0.25, -0.2) is 0 Å². The third kappa shape index (κ3) is 1.27. The van der Waals surface area contributed by atoms with Gasteiger partial charge in [-0.1, -0.05) is 12.1 Å². The van der Waals surface area contributed by atoms with E-state index in [0.717, 1.165) is 0 Å². The van der Waals surface area contributed by atoms with E-state index in [-0.39, 0.29) is 0 Å². The third-order valence-corrected chi connectivity index (χ3v) is 4.07. The van der Waals surface area contributed by atoms with E-state index >= 15 is 0 Å². The summed E-state index contributed by atoms with van der Waals surface area (Å²) in [6, 6.07) is 13.1. The van der Waals surface area contributed by atoms with Crippen LogP contribution in [0.4, 0.5) is 0 Å². The van der Waals surface area contributed by atoms with Gasteiger partial charge in [0, 0.05) is 9.58 Å². The van der Waals surface area contributed by atoms with E-state index in [1.807, 2.05) is 0 Å². The summed E-state index contributed by atoms with van der Waals surface area (Å²) < 4.78 is 1.37. The van der Waals surface area contributed by atoms with Crippen molar-refractivity contribution >= 4 is 32.8 Å². The van der Waals surface area contributed by atoms with Gasteiger partial charge in [0.2, 0.25) is 0 Å². The zero-order valence-electron chi connectivity index (χ0n) is 7.44. The van der Waals surface area contributed by atoms with Crippen LogP contribution in [0.1, 0.15) is 0 Å². The number of hydrogen-bond acceptors (Lipinski definition) is 2. The number of thiophene rings is 2. The minimum absolute atomic E-state index is 1.32. The lowest BCUT2D eigenvalue weighted by Gasteiger charge is -1.96. The van der Waals surface area contributed by atoms with Crippen LogP contribution in [0.5, 0.6) is 0 Å². The molecular formula is C12H8S2. The standard InChI is InChI=1S/C12H8S2/c1-2-11(13-6-1)9-3-4-12-10(8-9)5-7-14-12/h1-8H. The van der Waals surface area contributed by atoms with E-state index in [1.54, 1.807) is 22.7 Å². The molecule has 0 saturated heterocycles. The lowest BCUT2D eigenvalue weighted by atomic mass is 10.1. The van der Waals surface area contributed by atoms with E-state index in [4.69, 9.17) is 0 Å². The van der Waals surface area contributed by atoms with E-state index in [9.17, 15) is 0 Å². The molecule has 0 aliphatic carbocycles. The fourth-order valence-electron chi connectivity index (χ4n) is 1.56. The molecule has 2 aromatic heterocycles. The zero-order chi connectivity index (χ0) is 9.38. The quantitative estimate of drug-likeness (QED) is 0.556. The molecule has 2 heteroatoms. The molecule has 0 aliphatic heterocycles. The lowest BCUT2D eigenvalue weighted by Crippen LogP contribution is -1.70. The number of fused-ring (bicyclic) bond motifs is 1. The second kappa shape index (κ2) is 3.23. The molecule has 3 aromatic rings. The maximum absolute atomic E-state index is 2.26. The Balaban J connectivity index is 2.23. The number of rotatable bonds is 1. The number of hydrogen-bond donors (Lipinski definition) is 0. The maximum Gasteiger partial charge on any atom is 0.0343 e. The van der Waals surface area contributed by atoms with Crippen molar-refractivity contribution in [3.63, 3.8) is 0 Å². The van der Waals surface area contributed by atoms with Crippen LogP contribution in [0, 0.1) is 0 Å². The van der Waals surface area contributed by atoms with Crippen LogP contribution in [0.15, 0.2) is 47.2 Å². The summed E-state index contributed by atoms with van der Waals surface area (Å²) in [7, 11) is 0. The van der Waals surface area contributed by atoms with Gasteiger partial charge in [0.25, 0.3) is 0 Å². The molecular weight excluding hydrogens is 208 g/mol. The molecule has 0 spiro atoms.